The molecule has 0 saturated carbocycles. The Morgan fingerprint density at radius 3 is 0.964 bits per heavy atom. The summed E-state index contributed by atoms with van der Waals surface area (Å²) in [6.07, 6.45) is 95.0. The summed E-state index contributed by atoms with van der Waals surface area (Å²) in [5.74, 6) is -0.0584. The number of carbonyl (C=O) groups is 2. The van der Waals surface area contributed by atoms with Gasteiger partial charge in [0.05, 0.1) is 25.4 Å². The highest BCUT2D eigenvalue weighted by atomic mass is 16.5. The lowest BCUT2D eigenvalue weighted by molar-refractivity contribution is -0.143. The molecule has 0 saturated heterocycles. The molecule has 6 nitrogen and oxygen atoms in total. The van der Waals surface area contributed by atoms with Crippen LogP contribution in [0.2, 0.25) is 0 Å². The Kier molecular flexibility index (Phi) is 70.4. The van der Waals surface area contributed by atoms with Gasteiger partial charge >= 0.3 is 5.97 Å². The first kappa shape index (κ1) is 80.8. The normalized spacial score (nSPS) is 12.8. The molecule has 0 aromatic carbocycles. The van der Waals surface area contributed by atoms with Gasteiger partial charge in [0.15, 0.2) is 0 Å². The molecule has 2 unspecified atom stereocenters. The highest BCUT2D eigenvalue weighted by Gasteiger charge is 2.18. The molecule has 0 fully saturated rings. The van der Waals surface area contributed by atoms with E-state index in [1.54, 1.807) is 6.08 Å². The minimum Gasteiger partial charge on any atom is -0.466 e. The van der Waals surface area contributed by atoms with E-state index in [1.807, 2.05) is 6.08 Å². The summed E-state index contributed by atoms with van der Waals surface area (Å²) >= 11 is 0. The molecule has 6 heteroatoms. The summed E-state index contributed by atoms with van der Waals surface area (Å²) in [6, 6.07) is -0.627. The highest BCUT2D eigenvalue weighted by molar-refractivity contribution is 5.76. The van der Waals surface area contributed by atoms with Gasteiger partial charge in [0.2, 0.25) is 5.91 Å². The van der Waals surface area contributed by atoms with Crippen molar-refractivity contribution < 1.29 is 24.5 Å². The number of rotatable bonds is 70. The molecule has 0 aliphatic rings. The summed E-state index contributed by atoms with van der Waals surface area (Å²) < 4.78 is 5.48. The molecule has 83 heavy (non-hydrogen) atoms. The second-order valence-electron chi connectivity index (χ2n) is 25.6. The molecule has 0 bridgehead atoms. The fourth-order valence-electron chi connectivity index (χ4n) is 11.6. The van der Waals surface area contributed by atoms with Crippen molar-refractivity contribution >= 4 is 11.9 Å². The van der Waals surface area contributed by atoms with Gasteiger partial charge in [-0.25, -0.2) is 0 Å². The minimum atomic E-state index is -0.844. The van der Waals surface area contributed by atoms with Crippen molar-refractivity contribution in [3.63, 3.8) is 0 Å². The molecule has 488 valence electrons. The maximum absolute atomic E-state index is 12.5. The molecule has 0 aromatic rings. The molecule has 0 heterocycles. The summed E-state index contributed by atoms with van der Waals surface area (Å²) in [4.78, 5) is 24.6. The topological polar surface area (TPSA) is 95.9 Å². The van der Waals surface area contributed by atoms with Gasteiger partial charge in [0.25, 0.3) is 0 Å². The van der Waals surface area contributed by atoms with E-state index in [4.69, 9.17) is 4.74 Å². The van der Waals surface area contributed by atoms with Gasteiger partial charge in [0.1, 0.15) is 0 Å². The first-order valence-corrected chi connectivity index (χ1v) is 37.4. The number of hydrogen-bond acceptors (Lipinski definition) is 5. The van der Waals surface area contributed by atoms with Gasteiger partial charge in [-0.3, -0.25) is 9.59 Å². The Hall–Kier alpha value is -2.18. The van der Waals surface area contributed by atoms with E-state index in [0.29, 0.717) is 19.4 Å². The third-order valence-corrected chi connectivity index (χ3v) is 17.3. The average molecular weight is 1170 g/mol. The lowest BCUT2D eigenvalue weighted by atomic mass is 10.0. The lowest BCUT2D eigenvalue weighted by Gasteiger charge is -2.20. The van der Waals surface area contributed by atoms with Crippen LogP contribution in [-0.4, -0.2) is 47.4 Å². The smallest absolute Gasteiger partial charge is 0.305 e. The molecule has 0 radical (unpaired) electrons. The van der Waals surface area contributed by atoms with Crippen LogP contribution in [0, 0.1) is 0 Å². The second-order valence-corrected chi connectivity index (χ2v) is 25.6. The number of allylic oxidation sites excluding steroid dienone is 7. The number of carbonyl (C=O) groups excluding carboxylic acids is 2. The van der Waals surface area contributed by atoms with Crippen molar-refractivity contribution in [3.8, 4) is 0 Å². The SMILES string of the molecule is CCCC/C=C\C/C=C\CCCCCCCC(=O)OCCCCCCCCCCCCCC/C=C\CCCCCCCCCCCCCCCCCCC(=O)NC(CO)C(O)/C=C/CCCCCCCCCCCCCCCCCCCC. The van der Waals surface area contributed by atoms with Gasteiger partial charge < -0.3 is 20.3 Å². The van der Waals surface area contributed by atoms with Gasteiger partial charge in [-0.2, -0.15) is 0 Å². The molecule has 0 aliphatic carbocycles. The van der Waals surface area contributed by atoms with Crippen LogP contribution in [0.4, 0.5) is 0 Å². The van der Waals surface area contributed by atoms with E-state index < -0.39 is 12.1 Å². The van der Waals surface area contributed by atoms with E-state index in [-0.39, 0.29) is 18.5 Å². The zero-order valence-corrected chi connectivity index (χ0v) is 55.9. The van der Waals surface area contributed by atoms with E-state index in [2.05, 4.69) is 55.6 Å². The molecular formula is C77H145NO5. The Morgan fingerprint density at radius 2 is 0.614 bits per heavy atom. The van der Waals surface area contributed by atoms with Crippen LogP contribution in [-0.2, 0) is 14.3 Å². The van der Waals surface area contributed by atoms with Crippen LogP contribution >= 0.6 is 0 Å². The van der Waals surface area contributed by atoms with Crippen LogP contribution in [0.25, 0.3) is 0 Å². The summed E-state index contributed by atoms with van der Waals surface area (Å²) in [5, 5.41) is 23.3. The number of hydrogen-bond donors (Lipinski definition) is 3. The van der Waals surface area contributed by atoms with Crippen LogP contribution in [0.5, 0.6) is 0 Å². The average Bonchev–Trinajstić information content (AvgIpc) is 3.49. The third-order valence-electron chi connectivity index (χ3n) is 17.3. The number of esters is 1. The van der Waals surface area contributed by atoms with Crippen molar-refractivity contribution in [2.45, 2.75) is 418 Å². The number of amides is 1. The molecule has 0 rings (SSSR count). The molecule has 2 atom stereocenters. The predicted molar refractivity (Wildman–Crippen MR) is 366 cm³/mol. The van der Waals surface area contributed by atoms with Gasteiger partial charge in [-0.15, -0.1) is 0 Å². The maximum atomic E-state index is 12.5. The molecule has 0 aliphatic heterocycles. The Bertz CT molecular complexity index is 1390. The predicted octanol–water partition coefficient (Wildman–Crippen LogP) is 24.4. The molecule has 1 amide bonds. The minimum absolute atomic E-state index is 0.00346. The standard InChI is InChI=1S/C77H145NO5/c1-3-5-7-9-11-13-15-17-19-20-21-36-39-42-45-49-53-57-61-65-69-75(80)74(73-79)78-76(81)70-66-62-58-54-50-46-43-40-37-34-32-30-28-26-24-22-23-25-27-29-31-33-35-38-41-44-48-52-56-60-64-68-72-83-77(82)71-67-63-59-55-51-47-18-16-14-12-10-8-6-4-2/h10,12,16,18,25,27,65,69,74-75,79-80H,3-9,11,13-15,17,19-24,26,28-64,66-68,70-73H2,1-2H3,(H,78,81)/b12-10-,18-16-,27-25-,69-65+. The molecule has 3 N–H and O–H groups in total. The first-order valence-electron chi connectivity index (χ1n) is 37.4. The van der Waals surface area contributed by atoms with Crippen molar-refractivity contribution in [2.24, 2.45) is 0 Å². The van der Waals surface area contributed by atoms with Crippen LogP contribution in [0.1, 0.15) is 406 Å². The number of nitrogens with one attached hydrogen (secondary N) is 1. The van der Waals surface area contributed by atoms with Crippen LogP contribution in [0.3, 0.4) is 0 Å². The Morgan fingerprint density at radius 1 is 0.337 bits per heavy atom. The number of aliphatic hydroxyl groups is 2. The summed E-state index contributed by atoms with van der Waals surface area (Å²) in [5.41, 5.74) is 0. The third kappa shape index (κ3) is 68.8. The second kappa shape index (κ2) is 72.3. The van der Waals surface area contributed by atoms with Crippen molar-refractivity contribution in [2.75, 3.05) is 13.2 Å². The van der Waals surface area contributed by atoms with Gasteiger partial charge in [0, 0.05) is 12.8 Å². The molecule has 0 aromatic heterocycles. The number of unbranched alkanes of at least 4 members (excludes halogenated alkanes) is 53. The van der Waals surface area contributed by atoms with Gasteiger partial charge in [-0.05, 0) is 83.5 Å². The van der Waals surface area contributed by atoms with Crippen LogP contribution < -0.4 is 5.32 Å². The first-order chi connectivity index (χ1) is 41.0. The fourth-order valence-corrected chi connectivity index (χ4v) is 11.6. The Balaban J connectivity index is 3.39. The zero-order chi connectivity index (χ0) is 59.9. The fraction of sp³-hybridized carbons (Fsp3) is 0.870. The highest BCUT2D eigenvalue weighted by Crippen LogP contribution is 2.19. The van der Waals surface area contributed by atoms with Gasteiger partial charge in [-0.1, -0.05) is 358 Å². The van der Waals surface area contributed by atoms with E-state index in [1.165, 1.54) is 327 Å². The van der Waals surface area contributed by atoms with Crippen molar-refractivity contribution in [1.29, 1.82) is 0 Å². The van der Waals surface area contributed by atoms with Crippen LogP contribution in [0.15, 0.2) is 48.6 Å². The van der Waals surface area contributed by atoms with E-state index >= 15 is 0 Å². The van der Waals surface area contributed by atoms with Crippen molar-refractivity contribution in [3.05, 3.63) is 48.6 Å². The lowest BCUT2D eigenvalue weighted by Crippen LogP contribution is -2.45. The quantitative estimate of drug-likeness (QED) is 0.0320. The van der Waals surface area contributed by atoms with E-state index in [9.17, 15) is 19.8 Å². The Labute approximate surface area is 518 Å². The molecule has 0 spiro atoms. The largest absolute Gasteiger partial charge is 0.466 e. The summed E-state index contributed by atoms with van der Waals surface area (Å²) in [6.45, 7) is 4.89. The zero-order valence-electron chi connectivity index (χ0n) is 55.9. The van der Waals surface area contributed by atoms with E-state index in [0.717, 1.165) is 51.4 Å². The maximum Gasteiger partial charge on any atom is 0.305 e. The number of aliphatic hydroxyl groups excluding tert-OH is 2. The molecular weight excluding hydrogens is 1020 g/mol. The van der Waals surface area contributed by atoms with Crippen molar-refractivity contribution in [1.82, 2.24) is 5.32 Å². The number of ether oxygens (including phenoxy) is 1. The summed E-state index contributed by atoms with van der Waals surface area (Å²) in [7, 11) is 0. The monoisotopic (exact) mass is 1160 g/mol.